The topological polar surface area (TPSA) is 47.7 Å². The Morgan fingerprint density at radius 2 is 1.69 bits per heavy atom. The van der Waals surface area contributed by atoms with Crippen LogP contribution in [0.4, 0.5) is 0 Å². The third kappa shape index (κ3) is 7.15. The van der Waals surface area contributed by atoms with E-state index < -0.39 is 10.0 Å². The molecule has 0 aromatic carbocycles. The fourth-order valence-corrected chi connectivity index (χ4v) is 1.50. The quantitative estimate of drug-likeness (QED) is 0.642. The highest BCUT2D eigenvalue weighted by Gasteiger charge is 2.13. The molecule has 1 aliphatic heterocycles. The minimum atomic E-state index is -0.568. The first-order valence-electron chi connectivity index (χ1n) is 4.70. The lowest BCUT2D eigenvalue weighted by molar-refractivity contribution is 0.265. The third-order valence-electron chi connectivity index (χ3n) is 1.95. The molecule has 0 saturated carbocycles. The first-order chi connectivity index (χ1) is 6.22. The zero-order valence-electron chi connectivity index (χ0n) is 8.95. The van der Waals surface area contributed by atoms with Gasteiger partial charge in [0.1, 0.15) is 0 Å². The summed E-state index contributed by atoms with van der Waals surface area (Å²) in [6, 6.07) is 0. The van der Waals surface area contributed by atoms with Crippen molar-refractivity contribution in [3.05, 3.63) is 0 Å². The number of hydrogen-bond donors (Lipinski definition) is 1. The standard InChI is InChI=1S/C6H14N2.C2H8O2Si/c1-6(7)8-4-2-3-5-8;1-3-5-4-2/h6H,2-5,7H2,1H3;5H2,1-2H3. The lowest BCUT2D eigenvalue weighted by Crippen LogP contribution is -2.36. The molecule has 0 aliphatic carbocycles. The Balaban J connectivity index is 0.000000252. The molecule has 4 nitrogen and oxygen atoms in total. The van der Waals surface area contributed by atoms with Gasteiger partial charge in [-0.25, -0.2) is 0 Å². The second-order valence-electron chi connectivity index (χ2n) is 3.18. The van der Waals surface area contributed by atoms with Crippen molar-refractivity contribution in [1.82, 2.24) is 4.90 Å². The second kappa shape index (κ2) is 8.65. The predicted molar refractivity (Wildman–Crippen MR) is 57.0 cm³/mol. The summed E-state index contributed by atoms with van der Waals surface area (Å²) in [4.78, 5) is 2.31. The van der Waals surface area contributed by atoms with Crippen LogP contribution in [0.5, 0.6) is 0 Å². The highest BCUT2D eigenvalue weighted by Crippen LogP contribution is 2.07. The molecule has 0 spiro atoms. The number of likely N-dealkylation sites (tertiary alicyclic amines) is 1. The highest BCUT2D eigenvalue weighted by molar-refractivity contribution is 6.17. The average Bonchev–Trinajstić information content (AvgIpc) is 2.58. The van der Waals surface area contributed by atoms with Crippen molar-refractivity contribution in [2.75, 3.05) is 27.3 Å². The summed E-state index contributed by atoms with van der Waals surface area (Å²) in [7, 11) is 2.73. The maximum Gasteiger partial charge on any atom is 0.303 e. The molecule has 0 bridgehead atoms. The average molecular weight is 206 g/mol. The maximum absolute atomic E-state index is 5.62. The van der Waals surface area contributed by atoms with E-state index in [-0.39, 0.29) is 6.17 Å². The van der Waals surface area contributed by atoms with E-state index >= 15 is 0 Å². The van der Waals surface area contributed by atoms with Crippen molar-refractivity contribution in [1.29, 1.82) is 0 Å². The normalized spacial score (nSPS) is 19.4. The first kappa shape index (κ1) is 13.1. The van der Waals surface area contributed by atoms with Gasteiger partial charge in [-0.15, -0.1) is 0 Å². The van der Waals surface area contributed by atoms with E-state index in [9.17, 15) is 0 Å². The van der Waals surface area contributed by atoms with E-state index in [2.05, 4.69) is 13.8 Å². The molecular formula is C8H22N2O2Si. The summed E-state index contributed by atoms with van der Waals surface area (Å²) >= 11 is 0. The van der Waals surface area contributed by atoms with Crippen molar-refractivity contribution in [3.8, 4) is 0 Å². The smallest absolute Gasteiger partial charge is 0.303 e. The van der Waals surface area contributed by atoms with Crippen LogP contribution in [0.25, 0.3) is 0 Å². The third-order valence-corrected chi connectivity index (χ3v) is 2.42. The van der Waals surface area contributed by atoms with E-state index in [1.54, 1.807) is 14.2 Å². The monoisotopic (exact) mass is 206 g/mol. The fraction of sp³-hybridized carbons (Fsp3) is 1.00. The Morgan fingerprint density at radius 1 is 1.23 bits per heavy atom. The molecule has 0 radical (unpaired) electrons. The summed E-state index contributed by atoms with van der Waals surface area (Å²) in [5.41, 5.74) is 5.62. The fourth-order valence-electron chi connectivity index (χ4n) is 1.27. The minimum absolute atomic E-state index is 0.275. The molecule has 0 aromatic rings. The van der Waals surface area contributed by atoms with Crippen LogP contribution in [0.3, 0.4) is 0 Å². The van der Waals surface area contributed by atoms with Crippen molar-refractivity contribution >= 4 is 10.0 Å². The van der Waals surface area contributed by atoms with Gasteiger partial charge in [0.05, 0.1) is 6.17 Å². The van der Waals surface area contributed by atoms with Gasteiger partial charge in [0.2, 0.25) is 0 Å². The van der Waals surface area contributed by atoms with Crippen LogP contribution in [-0.4, -0.2) is 48.4 Å². The molecule has 1 atom stereocenters. The van der Waals surface area contributed by atoms with Gasteiger partial charge in [-0.3, -0.25) is 4.90 Å². The molecule has 1 fully saturated rings. The van der Waals surface area contributed by atoms with Crippen molar-refractivity contribution in [2.45, 2.75) is 25.9 Å². The van der Waals surface area contributed by atoms with Crippen LogP contribution in [0, 0.1) is 0 Å². The van der Waals surface area contributed by atoms with Gasteiger partial charge in [-0.05, 0) is 32.9 Å². The largest absolute Gasteiger partial charge is 0.402 e. The maximum atomic E-state index is 5.62. The lowest BCUT2D eigenvalue weighted by Gasteiger charge is -2.18. The number of hydrogen-bond acceptors (Lipinski definition) is 4. The van der Waals surface area contributed by atoms with E-state index in [0.29, 0.717) is 0 Å². The second-order valence-corrected chi connectivity index (χ2v) is 4.57. The van der Waals surface area contributed by atoms with Crippen LogP contribution in [0.2, 0.25) is 0 Å². The Labute approximate surface area is 83.4 Å². The molecule has 1 rings (SSSR count). The van der Waals surface area contributed by atoms with Crippen molar-refractivity contribution in [2.24, 2.45) is 5.73 Å². The zero-order valence-corrected chi connectivity index (χ0v) is 10.4. The highest BCUT2D eigenvalue weighted by atomic mass is 28.3. The van der Waals surface area contributed by atoms with E-state index in [1.807, 2.05) is 6.92 Å². The Morgan fingerprint density at radius 3 is 1.85 bits per heavy atom. The summed E-state index contributed by atoms with van der Waals surface area (Å²) in [5.74, 6) is 0. The van der Waals surface area contributed by atoms with Gasteiger partial charge in [0, 0.05) is 14.2 Å². The molecule has 2 N–H and O–H groups in total. The first-order valence-corrected chi connectivity index (χ1v) is 5.85. The molecule has 13 heavy (non-hydrogen) atoms. The van der Waals surface area contributed by atoms with Crippen LogP contribution in [0.1, 0.15) is 19.8 Å². The van der Waals surface area contributed by atoms with Gasteiger partial charge >= 0.3 is 10.0 Å². The van der Waals surface area contributed by atoms with E-state index in [0.717, 1.165) is 0 Å². The summed E-state index contributed by atoms with van der Waals surface area (Å²) < 4.78 is 9.22. The Hall–Kier alpha value is 0.0569. The number of rotatable bonds is 3. The predicted octanol–water partition coefficient (Wildman–Crippen LogP) is -0.335. The molecule has 1 aliphatic rings. The molecule has 80 valence electrons. The Kier molecular flexibility index (Phi) is 8.68. The van der Waals surface area contributed by atoms with Gasteiger partial charge in [0.25, 0.3) is 0 Å². The molecule has 1 unspecified atom stereocenters. The molecule has 1 heterocycles. The molecule has 5 heteroatoms. The lowest BCUT2D eigenvalue weighted by atomic mass is 10.4. The van der Waals surface area contributed by atoms with Crippen LogP contribution < -0.4 is 5.73 Å². The molecule has 1 saturated heterocycles. The van der Waals surface area contributed by atoms with Gasteiger partial charge < -0.3 is 14.6 Å². The van der Waals surface area contributed by atoms with E-state index in [1.165, 1.54) is 25.9 Å². The summed E-state index contributed by atoms with van der Waals surface area (Å²) in [6.45, 7) is 4.46. The van der Waals surface area contributed by atoms with E-state index in [4.69, 9.17) is 5.73 Å². The molecular weight excluding hydrogens is 184 g/mol. The zero-order chi connectivity index (χ0) is 10.1. The van der Waals surface area contributed by atoms with Gasteiger partial charge in [-0.2, -0.15) is 0 Å². The van der Waals surface area contributed by atoms with Crippen LogP contribution in [-0.2, 0) is 8.85 Å². The minimum Gasteiger partial charge on any atom is -0.402 e. The van der Waals surface area contributed by atoms with Crippen molar-refractivity contribution in [3.63, 3.8) is 0 Å². The summed E-state index contributed by atoms with van der Waals surface area (Å²) in [5, 5.41) is 0. The number of nitrogens with zero attached hydrogens (tertiary/aromatic N) is 1. The number of nitrogens with two attached hydrogens (primary N) is 1. The molecule has 0 aromatic heterocycles. The molecule has 0 amide bonds. The SMILES string of the molecule is CC(N)N1CCCC1.CO[SiH2]OC. The Bertz CT molecular complexity index is 106. The van der Waals surface area contributed by atoms with Gasteiger partial charge in [0.15, 0.2) is 0 Å². The van der Waals surface area contributed by atoms with Crippen LogP contribution >= 0.6 is 0 Å². The van der Waals surface area contributed by atoms with Crippen molar-refractivity contribution < 1.29 is 8.85 Å². The van der Waals surface area contributed by atoms with Gasteiger partial charge in [-0.1, -0.05) is 0 Å². The summed E-state index contributed by atoms with van der Waals surface area (Å²) in [6.07, 6.45) is 2.95. The van der Waals surface area contributed by atoms with Crippen LogP contribution in [0.15, 0.2) is 0 Å².